The number of aryl methyl sites for hydroxylation is 2. The number of allylic oxidation sites excluding steroid dienone is 4. The van der Waals surface area contributed by atoms with E-state index in [1.54, 1.807) is 11.1 Å². The van der Waals surface area contributed by atoms with Crippen molar-refractivity contribution in [3.63, 3.8) is 0 Å². The van der Waals surface area contributed by atoms with Crippen LogP contribution in [-0.4, -0.2) is 3.21 Å². The quantitative estimate of drug-likeness (QED) is 0.508. The first-order chi connectivity index (χ1) is 11.3. The predicted molar refractivity (Wildman–Crippen MR) is 96.5 cm³/mol. The summed E-state index contributed by atoms with van der Waals surface area (Å²) < 4.78 is 1.46. The average Bonchev–Trinajstić information content (AvgIpc) is 3.30. The fraction of sp³-hybridized carbons (Fsp3) is 0.273. The zero-order valence-corrected chi connectivity index (χ0v) is 18.6. The Morgan fingerprint density at radius 2 is 1.76 bits per heavy atom. The molecule has 0 bridgehead atoms. The Balaban J connectivity index is 0.000000345. The van der Waals surface area contributed by atoms with Crippen LogP contribution >= 0.6 is 0 Å². The summed E-state index contributed by atoms with van der Waals surface area (Å²) in [6, 6.07) is 17.2. The molecule has 0 spiro atoms. The summed E-state index contributed by atoms with van der Waals surface area (Å²) in [4.78, 5) is 0. The van der Waals surface area contributed by atoms with Crippen molar-refractivity contribution in [2.45, 2.75) is 39.0 Å². The van der Waals surface area contributed by atoms with Crippen LogP contribution in [0.4, 0.5) is 0 Å². The van der Waals surface area contributed by atoms with E-state index in [2.05, 4.69) is 61.5 Å². The molecule has 0 heterocycles. The van der Waals surface area contributed by atoms with Crippen molar-refractivity contribution in [1.82, 2.24) is 0 Å². The zero-order valence-electron chi connectivity index (χ0n) is 14.6. The molecule has 0 radical (unpaired) electrons. The van der Waals surface area contributed by atoms with Gasteiger partial charge in [0.2, 0.25) is 0 Å². The summed E-state index contributed by atoms with van der Waals surface area (Å²) >= 11 is 1.51. The molecule has 0 aromatic heterocycles. The van der Waals surface area contributed by atoms with Crippen molar-refractivity contribution in [3.05, 3.63) is 89.5 Å². The minimum absolute atomic E-state index is 0. The molecule has 0 atom stereocenters. The van der Waals surface area contributed by atoms with Gasteiger partial charge in [-0.3, -0.25) is 6.08 Å². The second-order valence-corrected chi connectivity index (χ2v) is 7.62. The van der Waals surface area contributed by atoms with Gasteiger partial charge in [0.1, 0.15) is 0 Å². The van der Waals surface area contributed by atoms with Gasteiger partial charge < -0.3 is 24.8 Å². The first kappa shape index (κ1) is 24.4. The van der Waals surface area contributed by atoms with Crippen LogP contribution in [0.1, 0.15) is 42.9 Å². The van der Waals surface area contributed by atoms with Crippen LogP contribution in [-0.2, 0) is 37.1 Å². The van der Waals surface area contributed by atoms with Crippen molar-refractivity contribution in [2.24, 2.45) is 0 Å². The Morgan fingerprint density at radius 3 is 2.24 bits per heavy atom. The molecule has 0 amide bonds. The van der Waals surface area contributed by atoms with Gasteiger partial charge in [0.25, 0.3) is 0 Å². The standard InChI is InChI=1S/C9H11.C8H8.C5H5.2ClH.Zr/c1-2-5-9-7-3-6-8(9)4-1;1-2-8-6-4-3-5-7-8;1-2-4-5-3-1;;;/h3,6-7H,1-2,4-5H2;3-7H,1H3;1-3H,4H2;2*1H;/q-1;;-1;;;+2/p-2. The van der Waals surface area contributed by atoms with Crippen LogP contribution in [0.5, 0.6) is 0 Å². The van der Waals surface area contributed by atoms with Crippen LogP contribution in [0.2, 0.25) is 0 Å². The Kier molecular flexibility index (Phi) is 14.2. The van der Waals surface area contributed by atoms with Crippen LogP contribution < -0.4 is 24.8 Å². The van der Waals surface area contributed by atoms with E-state index in [0.717, 1.165) is 6.42 Å². The number of benzene rings is 1. The van der Waals surface area contributed by atoms with Gasteiger partial charge in [-0.25, -0.2) is 18.2 Å². The average molecular weight is 451 g/mol. The van der Waals surface area contributed by atoms with E-state index in [1.807, 2.05) is 18.2 Å². The van der Waals surface area contributed by atoms with Gasteiger partial charge in [0.15, 0.2) is 0 Å². The van der Waals surface area contributed by atoms with Crippen LogP contribution in [0, 0.1) is 6.08 Å². The van der Waals surface area contributed by atoms with E-state index in [1.165, 1.54) is 58.7 Å². The Labute approximate surface area is 179 Å². The third kappa shape index (κ3) is 9.59. The van der Waals surface area contributed by atoms with Gasteiger partial charge in [0, 0.05) is 0 Å². The summed E-state index contributed by atoms with van der Waals surface area (Å²) in [5.74, 6) is 0. The molecule has 0 nitrogen and oxygen atoms in total. The number of rotatable bonds is 1. The molecule has 3 heteroatoms. The third-order valence-electron chi connectivity index (χ3n) is 3.94. The smallest absolute Gasteiger partial charge is 0.0512 e. The van der Waals surface area contributed by atoms with Crippen molar-refractivity contribution < 1.29 is 49.0 Å². The van der Waals surface area contributed by atoms with E-state index in [4.69, 9.17) is 0 Å². The van der Waals surface area contributed by atoms with Gasteiger partial charge in [-0.2, -0.15) is 29.3 Å². The molecule has 0 unspecified atom stereocenters. The molecule has 132 valence electrons. The third-order valence-corrected chi connectivity index (χ3v) is 4.65. The first-order valence-corrected chi connectivity index (χ1v) is 9.56. The van der Waals surface area contributed by atoms with Crippen LogP contribution in [0.15, 0.2) is 66.8 Å². The largest absolute Gasteiger partial charge is 1.00 e. The molecule has 0 N–H and O–H groups in total. The molecular formula is C22H24Cl2Zr-2. The van der Waals surface area contributed by atoms with Crippen LogP contribution in [0.25, 0.3) is 0 Å². The molecule has 25 heavy (non-hydrogen) atoms. The van der Waals surface area contributed by atoms with E-state index in [9.17, 15) is 0 Å². The van der Waals surface area contributed by atoms with E-state index < -0.39 is 0 Å². The molecule has 0 fully saturated rings. The van der Waals surface area contributed by atoms with Crippen molar-refractivity contribution in [3.8, 4) is 0 Å². The summed E-state index contributed by atoms with van der Waals surface area (Å²) in [5.41, 5.74) is 4.57. The van der Waals surface area contributed by atoms with E-state index in [0.29, 0.717) is 0 Å². The fourth-order valence-electron chi connectivity index (χ4n) is 2.64. The predicted octanol–water partition coefficient (Wildman–Crippen LogP) is -0.628. The normalized spacial score (nSPS) is 13.1. The number of hydrogen-bond acceptors (Lipinski definition) is 0. The molecule has 0 saturated carbocycles. The summed E-state index contributed by atoms with van der Waals surface area (Å²) in [6.07, 6.45) is 15.4. The second kappa shape index (κ2) is 14.5. The number of fused-ring (bicyclic) bond motifs is 1. The van der Waals surface area contributed by atoms with Crippen molar-refractivity contribution in [2.75, 3.05) is 0 Å². The molecule has 2 aromatic carbocycles. The maximum atomic E-state index is 2.99. The minimum Gasteiger partial charge on any atom is -1.00 e. The summed E-state index contributed by atoms with van der Waals surface area (Å²) in [7, 11) is 0. The topological polar surface area (TPSA) is 0 Å². The number of hydrogen-bond donors (Lipinski definition) is 0. The molecule has 4 rings (SSSR count). The van der Waals surface area contributed by atoms with Crippen LogP contribution in [0.3, 0.4) is 0 Å². The molecular weight excluding hydrogens is 426 g/mol. The van der Waals surface area contributed by atoms with Crippen molar-refractivity contribution >= 4 is 3.21 Å². The first-order valence-electron chi connectivity index (χ1n) is 8.33. The van der Waals surface area contributed by atoms with E-state index in [-0.39, 0.29) is 24.8 Å². The van der Waals surface area contributed by atoms with Gasteiger partial charge in [0.05, 0.1) is 0 Å². The SMILES string of the molecule is C[C](=[Zr+2])c1ccccc1.[C-]1=CC=CC1.[Cl-].[Cl-].c1cc2c([cH-]1)CCCC2. The summed E-state index contributed by atoms with van der Waals surface area (Å²) in [5, 5.41) is 0. The monoisotopic (exact) mass is 448 g/mol. The minimum atomic E-state index is 0. The molecule has 2 aliphatic carbocycles. The number of halogens is 2. The van der Waals surface area contributed by atoms with Gasteiger partial charge in [-0.05, 0) is 0 Å². The molecule has 2 aromatic rings. The van der Waals surface area contributed by atoms with Gasteiger partial charge >= 0.3 is 70.3 Å². The Hall–Kier alpha value is -0.617. The second-order valence-electron chi connectivity index (χ2n) is 5.78. The Bertz CT molecular complexity index is 623. The van der Waals surface area contributed by atoms with Crippen molar-refractivity contribution in [1.29, 1.82) is 0 Å². The van der Waals surface area contributed by atoms with Gasteiger partial charge in [-0.1, -0.05) is 25.7 Å². The fourth-order valence-corrected chi connectivity index (χ4v) is 3.05. The maximum Gasteiger partial charge on any atom is -0.0512 e. The Morgan fingerprint density at radius 1 is 1.04 bits per heavy atom. The maximum absolute atomic E-state index is 2.99. The van der Waals surface area contributed by atoms with Gasteiger partial charge in [-0.15, -0.1) is 6.42 Å². The molecule has 0 aliphatic heterocycles. The van der Waals surface area contributed by atoms with E-state index >= 15 is 0 Å². The zero-order chi connectivity index (χ0) is 16.3. The molecule has 2 aliphatic rings. The summed E-state index contributed by atoms with van der Waals surface area (Å²) in [6.45, 7) is 2.16. The molecule has 0 saturated heterocycles.